The van der Waals surface area contributed by atoms with Crippen LogP contribution in [-0.4, -0.2) is 25.2 Å². The molecule has 0 aliphatic carbocycles. The zero-order valence-corrected chi connectivity index (χ0v) is 11.1. The van der Waals surface area contributed by atoms with Crippen molar-refractivity contribution in [2.75, 3.05) is 0 Å². The number of pyridine rings is 1. The van der Waals surface area contributed by atoms with Crippen LogP contribution >= 0.6 is 11.6 Å². The van der Waals surface area contributed by atoms with Gasteiger partial charge in [0.15, 0.2) is 5.65 Å². The van der Waals surface area contributed by atoms with Crippen LogP contribution in [0.1, 0.15) is 16.1 Å². The molecule has 20 heavy (non-hydrogen) atoms. The van der Waals surface area contributed by atoms with Crippen LogP contribution in [0.15, 0.2) is 30.3 Å². The number of nitrogens with zero attached hydrogens (tertiary/aromatic N) is 4. The normalized spacial score (nSPS) is 10.9. The zero-order chi connectivity index (χ0) is 14.3. The summed E-state index contributed by atoms with van der Waals surface area (Å²) in [5, 5.41) is 7.06. The highest BCUT2D eigenvalue weighted by Crippen LogP contribution is 2.18. The topological polar surface area (TPSA) is 60.7 Å². The fourth-order valence-electron chi connectivity index (χ4n) is 1.87. The summed E-state index contributed by atoms with van der Waals surface area (Å²) in [7, 11) is 0. The van der Waals surface area contributed by atoms with E-state index >= 15 is 0 Å². The van der Waals surface area contributed by atoms with E-state index in [-0.39, 0.29) is 5.56 Å². The van der Waals surface area contributed by atoms with E-state index in [0.717, 1.165) is 5.69 Å². The van der Waals surface area contributed by atoms with Crippen LogP contribution < -0.4 is 0 Å². The van der Waals surface area contributed by atoms with E-state index in [4.69, 9.17) is 11.6 Å². The molecule has 0 fully saturated rings. The monoisotopic (exact) mass is 290 g/mol. The molecule has 0 amide bonds. The maximum atomic E-state index is 13.8. The van der Waals surface area contributed by atoms with Gasteiger partial charge in [0.2, 0.25) is 0 Å². The molecule has 0 spiro atoms. The number of aromatic nitrogens is 4. The van der Waals surface area contributed by atoms with Crippen molar-refractivity contribution in [3.05, 3.63) is 47.4 Å². The zero-order valence-electron chi connectivity index (χ0n) is 10.3. The molecule has 0 saturated carbocycles. The van der Waals surface area contributed by atoms with Crippen molar-refractivity contribution < 1.29 is 9.18 Å². The highest BCUT2D eigenvalue weighted by Gasteiger charge is 2.13. The Morgan fingerprint density at radius 2 is 2.10 bits per heavy atom. The number of hydrogen-bond donors (Lipinski definition) is 0. The van der Waals surface area contributed by atoms with E-state index in [2.05, 4.69) is 15.3 Å². The van der Waals surface area contributed by atoms with Crippen molar-refractivity contribution >= 4 is 28.0 Å². The first-order chi connectivity index (χ1) is 9.56. The summed E-state index contributed by atoms with van der Waals surface area (Å²) in [5.74, 6) is -0.709. The molecule has 3 aromatic rings. The predicted molar refractivity (Wildman–Crippen MR) is 71.5 cm³/mol. The lowest BCUT2D eigenvalue weighted by Crippen LogP contribution is -2.02. The van der Waals surface area contributed by atoms with Crippen LogP contribution in [-0.2, 0) is 0 Å². The second kappa shape index (κ2) is 4.64. The van der Waals surface area contributed by atoms with E-state index in [1.54, 1.807) is 6.07 Å². The molecule has 0 unspecified atom stereocenters. The highest BCUT2D eigenvalue weighted by molar-refractivity contribution is 6.67. The minimum atomic E-state index is -0.841. The Labute approximate surface area is 118 Å². The van der Waals surface area contributed by atoms with E-state index in [0.29, 0.717) is 16.9 Å². The van der Waals surface area contributed by atoms with E-state index in [9.17, 15) is 9.18 Å². The van der Waals surface area contributed by atoms with Gasteiger partial charge in [-0.05, 0) is 42.8 Å². The Morgan fingerprint density at radius 3 is 2.80 bits per heavy atom. The molecular formula is C13H8ClFN4O. The number of halogens is 2. The quantitative estimate of drug-likeness (QED) is 0.681. The van der Waals surface area contributed by atoms with Gasteiger partial charge >= 0.3 is 0 Å². The molecule has 0 radical (unpaired) electrons. The molecule has 2 aromatic heterocycles. The first-order valence-electron chi connectivity index (χ1n) is 5.75. The van der Waals surface area contributed by atoms with Gasteiger partial charge in [-0.15, -0.1) is 5.10 Å². The summed E-state index contributed by atoms with van der Waals surface area (Å²) >= 11 is 5.28. The van der Waals surface area contributed by atoms with Gasteiger partial charge in [0.1, 0.15) is 11.3 Å². The number of hydrogen-bond acceptors (Lipinski definition) is 4. The third-order valence-corrected chi connectivity index (χ3v) is 3.05. The third kappa shape index (κ3) is 2.04. The van der Waals surface area contributed by atoms with E-state index in [1.165, 1.54) is 22.9 Å². The molecule has 0 bridgehead atoms. The lowest BCUT2D eigenvalue weighted by atomic mass is 10.2. The maximum Gasteiger partial charge on any atom is 0.255 e. The predicted octanol–water partition coefficient (Wildman–Crippen LogP) is 2.64. The molecule has 7 heteroatoms. The molecule has 0 aliphatic rings. The molecule has 0 aliphatic heterocycles. The number of carbonyl (C=O) groups is 1. The lowest BCUT2D eigenvalue weighted by molar-refractivity contribution is 0.107. The van der Waals surface area contributed by atoms with Gasteiger partial charge in [0.25, 0.3) is 5.24 Å². The number of carbonyl (C=O) groups excluding carboxylic acids is 1. The van der Waals surface area contributed by atoms with Gasteiger partial charge in [-0.3, -0.25) is 4.79 Å². The molecule has 3 rings (SSSR count). The van der Waals surface area contributed by atoms with Crippen LogP contribution in [0, 0.1) is 12.7 Å². The number of benzene rings is 1. The van der Waals surface area contributed by atoms with Gasteiger partial charge in [-0.25, -0.2) is 9.37 Å². The van der Waals surface area contributed by atoms with Crippen molar-refractivity contribution in [3.63, 3.8) is 0 Å². The summed E-state index contributed by atoms with van der Waals surface area (Å²) in [6, 6.07) is 7.62. The van der Waals surface area contributed by atoms with Gasteiger partial charge in [0, 0.05) is 11.8 Å². The number of fused-ring (bicyclic) bond motifs is 1. The van der Waals surface area contributed by atoms with Crippen molar-refractivity contribution in [2.24, 2.45) is 0 Å². The van der Waals surface area contributed by atoms with Crippen LogP contribution in [0.3, 0.4) is 0 Å². The second-order valence-electron chi connectivity index (χ2n) is 4.23. The second-order valence-corrected chi connectivity index (χ2v) is 4.58. The average molecular weight is 291 g/mol. The van der Waals surface area contributed by atoms with Crippen LogP contribution in [0.2, 0.25) is 0 Å². The largest absolute Gasteiger partial charge is 0.275 e. The Morgan fingerprint density at radius 1 is 1.30 bits per heavy atom. The minimum absolute atomic E-state index is 0.177. The SMILES string of the molecule is Cc1ccc2nnn(-c3ccc(C(=O)Cl)c(F)c3)c2n1. The Bertz CT molecular complexity index is 830. The fourth-order valence-corrected chi connectivity index (χ4v) is 2.03. The molecular weight excluding hydrogens is 283 g/mol. The van der Waals surface area contributed by atoms with E-state index < -0.39 is 11.1 Å². The smallest absolute Gasteiger partial charge is 0.255 e. The summed E-state index contributed by atoms with van der Waals surface area (Å²) in [5.41, 5.74) is 2.17. The summed E-state index contributed by atoms with van der Waals surface area (Å²) in [6.07, 6.45) is 0. The Kier molecular flexibility index (Phi) is 2.94. The number of aryl methyl sites for hydroxylation is 1. The van der Waals surface area contributed by atoms with Gasteiger partial charge in [-0.2, -0.15) is 4.68 Å². The van der Waals surface area contributed by atoms with Gasteiger partial charge in [-0.1, -0.05) is 5.21 Å². The van der Waals surface area contributed by atoms with E-state index in [1.807, 2.05) is 13.0 Å². The lowest BCUT2D eigenvalue weighted by Gasteiger charge is -2.04. The third-order valence-electron chi connectivity index (χ3n) is 2.85. The maximum absolute atomic E-state index is 13.8. The molecule has 100 valence electrons. The van der Waals surface area contributed by atoms with Crippen LogP contribution in [0.5, 0.6) is 0 Å². The summed E-state index contributed by atoms with van der Waals surface area (Å²) < 4.78 is 15.2. The van der Waals surface area contributed by atoms with Crippen molar-refractivity contribution in [3.8, 4) is 5.69 Å². The Balaban J connectivity index is 2.18. The van der Waals surface area contributed by atoms with Gasteiger partial charge < -0.3 is 0 Å². The molecule has 2 heterocycles. The molecule has 0 N–H and O–H groups in total. The molecule has 1 aromatic carbocycles. The van der Waals surface area contributed by atoms with Crippen molar-refractivity contribution in [1.82, 2.24) is 20.0 Å². The average Bonchev–Trinajstić information content (AvgIpc) is 2.81. The molecule has 0 saturated heterocycles. The van der Waals surface area contributed by atoms with Crippen molar-refractivity contribution in [2.45, 2.75) is 6.92 Å². The number of rotatable bonds is 2. The van der Waals surface area contributed by atoms with Crippen molar-refractivity contribution in [1.29, 1.82) is 0 Å². The first-order valence-corrected chi connectivity index (χ1v) is 6.13. The van der Waals surface area contributed by atoms with Gasteiger partial charge in [0.05, 0.1) is 11.3 Å². The standard InChI is InChI=1S/C13H8ClFN4O/c1-7-2-5-11-13(16-7)19(18-17-11)8-3-4-9(12(14)20)10(15)6-8/h2-6H,1H3. The molecule has 5 nitrogen and oxygen atoms in total. The summed E-state index contributed by atoms with van der Waals surface area (Å²) in [6.45, 7) is 1.84. The highest BCUT2D eigenvalue weighted by atomic mass is 35.5. The van der Waals surface area contributed by atoms with Crippen LogP contribution in [0.4, 0.5) is 4.39 Å². The fraction of sp³-hybridized carbons (Fsp3) is 0.0769. The molecule has 0 atom stereocenters. The first kappa shape index (κ1) is 12.7. The van der Waals surface area contributed by atoms with Crippen LogP contribution in [0.25, 0.3) is 16.9 Å². The Hall–Kier alpha value is -2.34. The minimum Gasteiger partial charge on any atom is -0.275 e. The summed E-state index contributed by atoms with van der Waals surface area (Å²) in [4.78, 5) is 15.3.